The van der Waals surface area contributed by atoms with Crippen LogP contribution in [-0.4, -0.2) is 43.3 Å². The lowest BCUT2D eigenvalue weighted by Crippen LogP contribution is -2.40. The van der Waals surface area contributed by atoms with Gasteiger partial charge in [-0.1, -0.05) is 0 Å². The molecule has 1 rings (SSSR count). The number of hydrogen-bond acceptors (Lipinski definition) is 4. The number of ether oxygens (including phenoxy) is 2. The van der Waals surface area contributed by atoms with Gasteiger partial charge in [-0.3, -0.25) is 0 Å². The molecule has 0 aromatic heterocycles. The quantitative estimate of drug-likeness (QED) is 0.548. The van der Waals surface area contributed by atoms with Gasteiger partial charge in [-0.05, 0) is 12.8 Å². The average molecular weight is 204 g/mol. The Hall–Kier alpha value is -0.850. The molecule has 0 spiro atoms. The maximum atomic E-state index is 10.4. The molecule has 0 saturated heterocycles. The minimum absolute atomic E-state index is 0.00583. The molecule has 1 amide bonds. The zero-order valence-corrected chi connectivity index (χ0v) is 8.10. The fourth-order valence-electron chi connectivity index (χ4n) is 1.69. The van der Waals surface area contributed by atoms with Crippen LogP contribution in [0.4, 0.5) is 4.79 Å². The molecule has 0 aromatic carbocycles. The molecule has 4 N–H and O–H groups in total. The second-order valence-corrected chi connectivity index (χ2v) is 3.40. The third-order valence-electron chi connectivity index (χ3n) is 2.25. The van der Waals surface area contributed by atoms with Crippen molar-refractivity contribution >= 4 is 6.09 Å². The minimum Gasteiger partial charge on any atom is -0.465 e. The van der Waals surface area contributed by atoms with Crippen LogP contribution in [0.1, 0.15) is 12.8 Å². The molecule has 0 aromatic rings. The lowest BCUT2D eigenvalue weighted by Gasteiger charge is -2.18. The van der Waals surface area contributed by atoms with Gasteiger partial charge in [-0.2, -0.15) is 0 Å². The Balaban J connectivity index is 2.40. The molecule has 14 heavy (non-hydrogen) atoms. The summed E-state index contributed by atoms with van der Waals surface area (Å²) in [6.07, 6.45) is 0.0470. The SMILES string of the molecule is COCO[C@@H]1C[C@@H](N)C[C@H]1NC(=O)O. The summed E-state index contributed by atoms with van der Waals surface area (Å²) in [6.45, 7) is 0.162. The smallest absolute Gasteiger partial charge is 0.404 e. The van der Waals surface area contributed by atoms with Crippen molar-refractivity contribution in [3.63, 3.8) is 0 Å². The molecular weight excluding hydrogens is 188 g/mol. The summed E-state index contributed by atoms with van der Waals surface area (Å²) in [4.78, 5) is 10.4. The first kappa shape index (κ1) is 11.2. The van der Waals surface area contributed by atoms with Crippen LogP contribution in [0.2, 0.25) is 0 Å². The van der Waals surface area contributed by atoms with Crippen molar-refractivity contribution in [1.82, 2.24) is 5.32 Å². The fraction of sp³-hybridized carbons (Fsp3) is 0.875. The third kappa shape index (κ3) is 3.13. The molecule has 6 heteroatoms. The molecule has 3 atom stereocenters. The van der Waals surface area contributed by atoms with Crippen molar-refractivity contribution in [1.29, 1.82) is 0 Å². The van der Waals surface area contributed by atoms with Crippen molar-refractivity contribution in [3.8, 4) is 0 Å². The Kier molecular flexibility index (Phi) is 4.12. The Bertz CT molecular complexity index is 200. The van der Waals surface area contributed by atoms with Gasteiger partial charge in [0, 0.05) is 13.2 Å². The number of carboxylic acid groups (broad SMARTS) is 1. The van der Waals surface area contributed by atoms with Crippen LogP contribution in [0, 0.1) is 0 Å². The molecule has 1 saturated carbocycles. The molecule has 0 bridgehead atoms. The number of carbonyl (C=O) groups is 1. The van der Waals surface area contributed by atoms with E-state index in [1.54, 1.807) is 0 Å². The lowest BCUT2D eigenvalue weighted by molar-refractivity contribution is -0.0762. The standard InChI is InChI=1S/C8H16N2O4/c1-13-4-14-7-3-5(9)2-6(7)10-8(11)12/h5-7,10H,2-4,9H2,1H3,(H,11,12)/t5-,6+,7+/m0/s1. The summed E-state index contributed by atoms with van der Waals surface area (Å²) in [7, 11) is 1.52. The van der Waals surface area contributed by atoms with Crippen LogP contribution in [0.15, 0.2) is 0 Å². The minimum atomic E-state index is -1.05. The first-order chi connectivity index (χ1) is 6.63. The summed E-state index contributed by atoms with van der Waals surface area (Å²) in [5.74, 6) is 0. The van der Waals surface area contributed by atoms with E-state index in [2.05, 4.69) is 5.32 Å². The van der Waals surface area contributed by atoms with Gasteiger partial charge in [0.1, 0.15) is 6.79 Å². The molecule has 0 unspecified atom stereocenters. The summed E-state index contributed by atoms with van der Waals surface area (Å²) in [6, 6.07) is -0.230. The van der Waals surface area contributed by atoms with E-state index < -0.39 is 6.09 Å². The van der Waals surface area contributed by atoms with Gasteiger partial charge in [0.15, 0.2) is 0 Å². The Morgan fingerprint density at radius 2 is 2.36 bits per heavy atom. The van der Waals surface area contributed by atoms with Gasteiger partial charge in [0.05, 0.1) is 12.1 Å². The van der Waals surface area contributed by atoms with E-state index in [0.29, 0.717) is 12.8 Å². The van der Waals surface area contributed by atoms with Gasteiger partial charge >= 0.3 is 6.09 Å². The van der Waals surface area contributed by atoms with Gasteiger partial charge in [-0.15, -0.1) is 0 Å². The molecule has 1 aliphatic rings. The van der Waals surface area contributed by atoms with Crippen LogP contribution in [0.3, 0.4) is 0 Å². The van der Waals surface area contributed by atoms with Crippen LogP contribution in [-0.2, 0) is 9.47 Å². The van der Waals surface area contributed by atoms with Crippen molar-refractivity contribution in [2.45, 2.75) is 31.0 Å². The maximum absolute atomic E-state index is 10.4. The molecule has 1 fully saturated rings. The highest BCUT2D eigenvalue weighted by atomic mass is 16.7. The van der Waals surface area contributed by atoms with Gasteiger partial charge in [-0.25, -0.2) is 4.79 Å². The van der Waals surface area contributed by atoms with Crippen molar-refractivity contribution < 1.29 is 19.4 Å². The van der Waals surface area contributed by atoms with E-state index in [4.69, 9.17) is 20.3 Å². The average Bonchev–Trinajstić information content (AvgIpc) is 2.41. The second-order valence-electron chi connectivity index (χ2n) is 3.40. The second kappa shape index (κ2) is 5.14. The first-order valence-corrected chi connectivity index (χ1v) is 4.49. The predicted molar refractivity (Wildman–Crippen MR) is 48.9 cm³/mol. The van der Waals surface area contributed by atoms with Crippen LogP contribution < -0.4 is 11.1 Å². The number of nitrogens with one attached hydrogen (secondary N) is 1. The van der Waals surface area contributed by atoms with Crippen molar-refractivity contribution in [3.05, 3.63) is 0 Å². The Morgan fingerprint density at radius 3 is 2.93 bits per heavy atom. The molecular formula is C8H16N2O4. The Morgan fingerprint density at radius 1 is 1.64 bits per heavy atom. The Labute approximate surface area is 82.4 Å². The van der Waals surface area contributed by atoms with Crippen LogP contribution in [0.5, 0.6) is 0 Å². The lowest BCUT2D eigenvalue weighted by atomic mass is 10.2. The highest BCUT2D eigenvalue weighted by Gasteiger charge is 2.34. The van der Waals surface area contributed by atoms with Crippen LogP contribution >= 0.6 is 0 Å². The number of amides is 1. The summed E-state index contributed by atoms with van der Waals surface area (Å²) < 4.78 is 10.1. The molecule has 0 heterocycles. The van der Waals surface area contributed by atoms with Gasteiger partial charge in [0.25, 0.3) is 0 Å². The van der Waals surface area contributed by atoms with Gasteiger partial charge < -0.3 is 25.6 Å². The molecule has 6 nitrogen and oxygen atoms in total. The molecule has 0 aliphatic heterocycles. The zero-order chi connectivity index (χ0) is 10.6. The predicted octanol–water partition coefficient (Wildman–Crippen LogP) is -0.267. The van der Waals surface area contributed by atoms with E-state index in [1.165, 1.54) is 7.11 Å². The topological polar surface area (TPSA) is 93.8 Å². The van der Waals surface area contributed by atoms with E-state index in [1.807, 2.05) is 0 Å². The van der Waals surface area contributed by atoms with E-state index in [9.17, 15) is 4.79 Å². The molecule has 0 radical (unpaired) electrons. The van der Waals surface area contributed by atoms with Crippen molar-refractivity contribution in [2.24, 2.45) is 5.73 Å². The zero-order valence-electron chi connectivity index (χ0n) is 8.10. The highest BCUT2D eigenvalue weighted by molar-refractivity contribution is 5.65. The number of nitrogens with two attached hydrogens (primary N) is 1. The fourth-order valence-corrected chi connectivity index (χ4v) is 1.69. The summed E-state index contributed by atoms with van der Waals surface area (Å²) in [5.41, 5.74) is 5.71. The maximum Gasteiger partial charge on any atom is 0.404 e. The van der Waals surface area contributed by atoms with E-state index in [0.717, 1.165) is 0 Å². The normalized spacial score (nSPS) is 31.7. The van der Waals surface area contributed by atoms with Crippen molar-refractivity contribution in [2.75, 3.05) is 13.9 Å². The molecule has 1 aliphatic carbocycles. The third-order valence-corrected chi connectivity index (χ3v) is 2.25. The summed E-state index contributed by atoms with van der Waals surface area (Å²) in [5, 5.41) is 11.0. The van der Waals surface area contributed by atoms with Gasteiger partial charge in [0.2, 0.25) is 0 Å². The highest BCUT2D eigenvalue weighted by Crippen LogP contribution is 2.21. The van der Waals surface area contributed by atoms with Crippen LogP contribution in [0.25, 0.3) is 0 Å². The number of rotatable bonds is 4. The number of hydrogen-bond donors (Lipinski definition) is 3. The monoisotopic (exact) mass is 204 g/mol. The van der Waals surface area contributed by atoms with E-state index in [-0.39, 0.29) is 25.0 Å². The first-order valence-electron chi connectivity index (χ1n) is 4.49. The summed E-state index contributed by atoms with van der Waals surface area (Å²) >= 11 is 0. The number of methoxy groups -OCH3 is 1. The van der Waals surface area contributed by atoms with E-state index >= 15 is 0 Å². The largest absolute Gasteiger partial charge is 0.465 e. The molecule has 82 valence electrons.